The van der Waals surface area contributed by atoms with E-state index in [1.807, 2.05) is 13.8 Å². The van der Waals surface area contributed by atoms with E-state index in [-0.39, 0.29) is 30.9 Å². The van der Waals surface area contributed by atoms with Crippen molar-refractivity contribution < 1.29 is 142 Å². The summed E-state index contributed by atoms with van der Waals surface area (Å²) in [6.45, 7) is 26.0. The number of imidazole rings is 1. The van der Waals surface area contributed by atoms with E-state index in [0.717, 1.165) is 67.7 Å². The number of nitrogen functional groups attached to an aromatic ring is 1. The summed E-state index contributed by atoms with van der Waals surface area (Å²) in [7, 11) is 0. The van der Waals surface area contributed by atoms with Gasteiger partial charge in [-0.2, -0.15) is 13.2 Å². The minimum Gasteiger partial charge on any atom is -0.475 e. The summed E-state index contributed by atoms with van der Waals surface area (Å²) < 4.78 is 151. The number of nitrogens with one attached hydrogen (secondary N) is 2. The first-order chi connectivity index (χ1) is 53.6. The number of anilines is 1. The number of aliphatic carboxylic acids is 1. The molecule has 636 valence electrons. The molecule has 1 saturated carbocycles. The molecule has 3 heterocycles. The predicted octanol–water partition coefficient (Wildman–Crippen LogP) is 3.25. The normalized spacial score (nSPS) is 14.5. The van der Waals surface area contributed by atoms with E-state index in [1.54, 1.807) is 0 Å². The van der Waals surface area contributed by atoms with Crippen LogP contribution in [0, 0.1) is 11.8 Å². The summed E-state index contributed by atoms with van der Waals surface area (Å²) in [6, 6.07) is 0. The molecule has 38 heteroatoms. The van der Waals surface area contributed by atoms with E-state index in [4.69, 9.17) is 120 Å². The van der Waals surface area contributed by atoms with E-state index in [9.17, 15) is 32.3 Å². The first-order valence-electron chi connectivity index (χ1n) is 38.2. The fourth-order valence-corrected chi connectivity index (χ4v) is 10.00. The van der Waals surface area contributed by atoms with Crippen LogP contribution in [0.2, 0.25) is 0 Å². The number of carboxylic acid groups (broad SMARTS) is 1. The van der Waals surface area contributed by atoms with Crippen molar-refractivity contribution in [2.45, 2.75) is 97.4 Å². The molecule has 1 aliphatic heterocycles. The molecule has 4 rings (SSSR count). The number of amides is 4. The lowest BCUT2D eigenvalue weighted by Crippen LogP contribution is -2.35. The monoisotopic (exact) mass is 1590 g/mol. The number of aromatic nitrogens is 4. The molecular formula is C72H125F3N8O27. The molecule has 0 atom stereocenters. The van der Waals surface area contributed by atoms with Gasteiger partial charge in [0.15, 0.2) is 5.82 Å². The highest BCUT2D eigenvalue weighted by atomic mass is 19.4. The topological polar surface area (TPSA) is 396 Å². The molecule has 4 amide bonds. The number of imide groups is 1. The molecule has 2 aromatic rings. The Morgan fingerprint density at radius 3 is 1.11 bits per heavy atom. The third-order valence-corrected chi connectivity index (χ3v) is 15.7. The summed E-state index contributed by atoms with van der Waals surface area (Å²) >= 11 is 0. The van der Waals surface area contributed by atoms with Crippen LogP contribution in [-0.2, 0) is 132 Å². The number of fused-ring (bicyclic) bond motifs is 1. The third kappa shape index (κ3) is 53.4. The van der Waals surface area contributed by atoms with Gasteiger partial charge in [0.1, 0.15) is 16.9 Å². The summed E-state index contributed by atoms with van der Waals surface area (Å²) in [6.07, 6.45) is 4.85. The van der Waals surface area contributed by atoms with Crippen LogP contribution in [0.1, 0.15) is 78.0 Å². The Kier molecular flexibility index (Phi) is 60.9. The van der Waals surface area contributed by atoms with Crippen molar-refractivity contribution in [1.82, 2.24) is 35.3 Å². The second-order valence-electron chi connectivity index (χ2n) is 24.7. The Morgan fingerprint density at radius 2 is 0.791 bits per heavy atom. The lowest BCUT2D eigenvalue weighted by Gasteiger charge is -2.29. The van der Waals surface area contributed by atoms with Crippen LogP contribution >= 0.6 is 0 Å². The zero-order chi connectivity index (χ0) is 79.4. The molecule has 0 unspecified atom stereocenters. The number of alkyl halides is 3. The first-order valence-corrected chi connectivity index (χ1v) is 38.2. The molecule has 35 nitrogen and oxygen atoms in total. The van der Waals surface area contributed by atoms with Gasteiger partial charge in [0, 0.05) is 57.6 Å². The number of carbonyl (C=O) groups excluding carboxylic acids is 4. The molecule has 2 aromatic heterocycles. The van der Waals surface area contributed by atoms with Gasteiger partial charge in [0.05, 0.1) is 270 Å². The third-order valence-electron chi connectivity index (χ3n) is 15.7. The first kappa shape index (κ1) is 98.6. The van der Waals surface area contributed by atoms with Crippen molar-refractivity contribution in [3.05, 3.63) is 18.0 Å². The van der Waals surface area contributed by atoms with Crippen molar-refractivity contribution in [3.8, 4) is 5.88 Å². The lowest BCUT2D eigenvalue weighted by molar-refractivity contribution is -0.192. The Balaban J connectivity index is 0.00000426. The van der Waals surface area contributed by atoms with E-state index in [1.165, 1.54) is 12.2 Å². The second-order valence-corrected chi connectivity index (χ2v) is 24.7. The fraction of sp³-hybridized carbons (Fsp3) is 0.833. The Hall–Kier alpha value is -5.57. The van der Waals surface area contributed by atoms with Crippen LogP contribution in [0.4, 0.5) is 19.0 Å². The number of carboxylic acids is 1. The molecule has 110 heavy (non-hydrogen) atoms. The Bertz CT molecular complexity index is 2640. The number of hydrogen-bond donors (Lipinski definition) is 4. The highest BCUT2D eigenvalue weighted by Gasteiger charge is 2.38. The van der Waals surface area contributed by atoms with Gasteiger partial charge in [-0.1, -0.05) is 13.3 Å². The molecule has 1 aliphatic carbocycles. The van der Waals surface area contributed by atoms with Crippen LogP contribution < -0.4 is 21.1 Å². The van der Waals surface area contributed by atoms with Crippen molar-refractivity contribution in [2.75, 3.05) is 290 Å². The molecule has 0 aromatic carbocycles. The van der Waals surface area contributed by atoms with Gasteiger partial charge in [-0.05, 0) is 57.8 Å². The van der Waals surface area contributed by atoms with Gasteiger partial charge in [-0.25, -0.2) is 9.78 Å². The molecule has 5 N–H and O–H groups in total. The number of hydrogen-bond acceptors (Lipinski definition) is 30. The zero-order valence-electron chi connectivity index (χ0n) is 64.9. The molecule has 1 fully saturated rings. The van der Waals surface area contributed by atoms with E-state index >= 15 is 0 Å². The zero-order valence-corrected chi connectivity index (χ0v) is 64.9. The van der Waals surface area contributed by atoms with E-state index < -0.39 is 24.0 Å². The summed E-state index contributed by atoms with van der Waals surface area (Å²) in [5, 5.41) is 21.4. The average molecular weight is 1590 g/mol. The molecule has 0 bridgehead atoms. The number of halogens is 3. The number of ether oxygens (including phenoxy) is 21. The summed E-state index contributed by atoms with van der Waals surface area (Å²) in [4.78, 5) is 62.3. The van der Waals surface area contributed by atoms with Crippen LogP contribution in [0.5, 0.6) is 5.88 Å². The van der Waals surface area contributed by atoms with Gasteiger partial charge in [0.25, 0.3) is 17.7 Å². The van der Waals surface area contributed by atoms with Crippen molar-refractivity contribution in [3.63, 3.8) is 0 Å². The smallest absolute Gasteiger partial charge is 0.475 e. The predicted molar refractivity (Wildman–Crippen MR) is 391 cm³/mol. The number of unbranched alkanes of at least 4 members (excludes halogenated alkanes) is 1. The standard InChI is InChI=1S/C70H124N8O25.C2HF3O2/c1-4-5-6-62-74-67-68(70(103-59(2)3)76-75-69(67)71)78(62)58-61-9-7-60(8-10-61)57-73-64(80)14-17-83-19-21-85-23-25-87-27-29-89-31-33-91-35-37-93-39-41-95-43-45-97-47-49-99-51-53-101-55-56-102-54-52-100-50-48-98-46-44-96-42-40-94-38-36-92-34-32-90-30-28-88-26-24-86-22-20-84-18-15-72-63(79)13-16-77-65(81)11-12-66(77)82;3-2(4,5)1(6)7/h11-12,59-61H,4-10,13-58H2,1-3H3,(H2,71,75)(H,72,79)(H,73,80);(H,6,7). The van der Waals surface area contributed by atoms with Gasteiger partial charge in [-0.3, -0.25) is 24.1 Å². The van der Waals surface area contributed by atoms with Crippen molar-refractivity contribution in [1.29, 1.82) is 0 Å². The largest absolute Gasteiger partial charge is 0.490 e. The summed E-state index contributed by atoms with van der Waals surface area (Å²) in [5.74, 6) is -1.05. The number of nitrogens with zero attached hydrogens (tertiary/aromatic N) is 5. The highest BCUT2D eigenvalue weighted by Crippen LogP contribution is 2.34. The fourth-order valence-electron chi connectivity index (χ4n) is 10.00. The van der Waals surface area contributed by atoms with Crippen molar-refractivity contribution in [2.24, 2.45) is 11.8 Å². The Morgan fingerprint density at radius 1 is 0.482 bits per heavy atom. The van der Waals surface area contributed by atoms with Gasteiger partial charge >= 0.3 is 12.1 Å². The number of carbonyl (C=O) groups is 5. The quantitative estimate of drug-likeness (QED) is 0.0545. The molecule has 2 aliphatic rings. The van der Waals surface area contributed by atoms with Gasteiger partial charge in [-0.15, -0.1) is 10.2 Å². The van der Waals surface area contributed by atoms with Crippen LogP contribution in [0.25, 0.3) is 11.0 Å². The minimum absolute atomic E-state index is 0.00625. The molecule has 0 spiro atoms. The average Bonchev–Trinajstić information content (AvgIpc) is 1.61. The number of rotatable bonds is 75. The van der Waals surface area contributed by atoms with E-state index in [0.29, 0.717) is 313 Å². The Labute approximate surface area is 644 Å². The minimum atomic E-state index is -5.08. The maximum atomic E-state index is 12.6. The molecule has 0 radical (unpaired) electrons. The maximum Gasteiger partial charge on any atom is 0.490 e. The summed E-state index contributed by atoms with van der Waals surface area (Å²) in [5.41, 5.74) is 7.75. The van der Waals surface area contributed by atoms with Crippen molar-refractivity contribution >= 4 is 46.4 Å². The lowest BCUT2D eigenvalue weighted by atomic mass is 9.82. The molecular weight excluding hydrogens is 1470 g/mol. The molecule has 0 saturated heterocycles. The maximum absolute atomic E-state index is 12.6. The van der Waals surface area contributed by atoms with Crippen LogP contribution in [-0.4, -0.2) is 356 Å². The SMILES string of the molecule is CCCCc1nc2c(N)nnc(OC(C)C)c2n1CC1CCC(CNC(=O)CCOCCOCCOCCOCCOCCOCCOCCOCCOCCOCCOCCOCCOCCOCCOCCOCCOCCOCCOCCOCCNC(=O)CCN2C(=O)C=CC2=O)CC1.O=C(O)C(F)(F)F. The van der Waals surface area contributed by atoms with Crippen LogP contribution in [0.15, 0.2) is 12.2 Å². The number of aryl methyl sites for hydroxylation is 1. The van der Waals surface area contributed by atoms with Gasteiger partial charge < -0.3 is 126 Å². The van der Waals surface area contributed by atoms with Gasteiger partial charge in [0.2, 0.25) is 11.8 Å². The second kappa shape index (κ2) is 67.9. The highest BCUT2D eigenvalue weighted by molar-refractivity contribution is 6.13. The van der Waals surface area contributed by atoms with E-state index in [2.05, 4.69) is 32.3 Å². The van der Waals surface area contributed by atoms with Crippen LogP contribution in [0.3, 0.4) is 0 Å². The number of nitrogens with two attached hydrogens (primary N) is 1.